The van der Waals surface area contributed by atoms with Gasteiger partial charge in [0.15, 0.2) is 5.96 Å². The van der Waals surface area contributed by atoms with E-state index in [4.69, 9.17) is 5.73 Å². The Bertz CT molecular complexity index is 661. The highest BCUT2D eigenvalue weighted by molar-refractivity contribution is 5.84. The highest BCUT2D eigenvalue weighted by atomic mass is 19.1. The molecule has 0 amide bonds. The number of rotatable bonds is 3. The molecule has 3 rings (SSSR count). The molecule has 0 spiro atoms. The Morgan fingerprint density at radius 2 is 2.00 bits per heavy atom. The molecule has 0 saturated heterocycles. The van der Waals surface area contributed by atoms with Crippen molar-refractivity contribution in [3.63, 3.8) is 0 Å². The first-order chi connectivity index (χ1) is 11.5. The van der Waals surface area contributed by atoms with Gasteiger partial charge >= 0.3 is 0 Å². The number of halogens is 1. The van der Waals surface area contributed by atoms with Gasteiger partial charge in [-0.15, -0.1) is 0 Å². The first-order valence-electron chi connectivity index (χ1n) is 8.80. The Kier molecular flexibility index (Phi) is 4.90. The van der Waals surface area contributed by atoms with Crippen LogP contribution in [0.3, 0.4) is 0 Å². The Labute approximate surface area is 143 Å². The lowest BCUT2D eigenvalue weighted by molar-refractivity contribution is 0.215. The Morgan fingerprint density at radius 1 is 1.25 bits per heavy atom. The van der Waals surface area contributed by atoms with Crippen molar-refractivity contribution in [3.8, 4) is 0 Å². The molecule has 1 aromatic rings. The van der Waals surface area contributed by atoms with Crippen LogP contribution in [0.4, 0.5) is 4.39 Å². The molecule has 0 bridgehead atoms. The molecule has 1 heterocycles. The molecule has 4 nitrogen and oxygen atoms in total. The third-order valence-corrected chi connectivity index (χ3v) is 5.37. The number of guanidine groups is 1. The largest absolute Gasteiger partial charge is 0.334 e. The average Bonchev–Trinajstić information content (AvgIpc) is 2.58. The van der Waals surface area contributed by atoms with Crippen molar-refractivity contribution in [1.82, 2.24) is 10.6 Å². The molecular weight excluding hydrogens is 303 g/mol. The molecule has 0 aromatic heterocycles. The van der Waals surface area contributed by atoms with Crippen LogP contribution < -0.4 is 16.4 Å². The molecule has 2 aliphatic rings. The van der Waals surface area contributed by atoms with Gasteiger partial charge in [-0.05, 0) is 55.9 Å². The summed E-state index contributed by atoms with van der Waals surface area (Å²) >= 11 is 0. The molecule has 130 valence electrons. The number of benzene rings is 1. The minimum Gasteiger partial charge on any atom is -0.334 e. The predicted molar refractivity (Wildman–Crippen MR) is 95.7 cm³/mol. The fourth-order valence-corrected chi connectivity index (χ4v) is 3.75. The van der Waals surface area contributed by atoms with Crippen molar-refractivity contribution >= 4 is 5.96 Å². The lowest BCUT2D eigenvalue weighted by atomic mass is 9.76. The maximum Gasteiger partial charge on any atom is 0.197 e. The Morgan fingerprint density at radius 3 is 2.71 bits per heavy atom. The van der Waals surface area contributed by atoms with Gasteiger partial charge in [0.05, 0.1) is 6.54 Å². The molecule has 1 aromatic carbocycles. The van der Waals surface area contributed by atoms with Crippen molar-refractivity contribution in [1.29, 1.82) is 0 Å². The number of hydrogen-bond acceptors (Lipinski definition) is 2. The highest BCUT2D eigenvalue weighted by Gasteiger charge is 2.41. The molecular formula is C19H27FN4. The number of hydrogen-bond donors (Lipinski definition) is 3. The SMILES string of the molecule is CC1=C(C)C(N)(C2CCCCC2)NC(=NCc2cccc(F)c2)N1. The van der Waals surface area contributed by atoms with Crippen LogP contribution in [0.25, 0.3) is 0 Å². The fraction of sp³-hybridized carbons (Fsp3) is 0.526. The summed E-state index contributed by atoms with van der Waals surface area (Å²) in [5.41, 5.74) is 9.31. The van der Waals surface area contributed by atoms with Crippen molar-refractivity contribution < 1.29 is 4.39 Å². The van der Waals surface area contributed by atoms with Crippen LogP contribution in [0, 0.1) is 11.7 Å². The molecule has 1 aliphatic heterocycles. The second kappa shape index (κ2) is 6.93. The van der Waals surface area contributed by atoms with Crippen molar-refractivity contribution in [2.75, 3.05) is 0 Å². The fourth-order valence-electron chi connectivity index (χ4n) is 3.75. The van der Waals surface area contributed by atoms with Gasteiger partial charge in [0, 0.05) is 5.70 Å². The van der Waals surface area contributed by atoms with Crippen LogP contribution in [0.1, 0.15) is 51.5 Å². The zero-order valence-corrected chi connectivity index (χ0v) is 14.5. The molecule has 1 aliphatic carbocycles. The lowest BCUT2D eigenvalue weighted by Gasteiger charge is -2.45. The van der Waals surface area contributed by atoms with Crippen LogP contribution in [0.2, 0.25) is 0 Å². The standard InChI is InChI=1S/C19H27FN4/c1-13-14(2)23-18(22-12-15-7-6-10-17(20)11-15)24-19(13,21)16-8-4-3-5-9-16/h6-7,10-11,16H,3-5,8-9,12,21H2,1-2H3,(H2,22,23,24). The van der Waals surface area contributed by atoms with Gasteiger partial charge in [0.1, 0.15) is 11.5 Å². The number of nitrogens with two attached hydrogens (primary N) is 1. The minimum absolute atomic E-state index is 0.237. The zero-order chi connectivity index (χ0) is 17.2. The van der Waals surface area contributed by atoms with E-state index in [0.29, 0.717) is 18.4 Å². The summed E-state index contributed by atoms with van der Waals surface area (Å²) in [7, 11) is 0. The van der Waals surface area contributed by atoms with Crippen molar-refractivity contribution in [2.45, 2.75) is 58.2 Å². The smallest absolute Gasteiger partial charge is 0.197 e. The number of aliphatic imine (C=N–C) groups is 1. The van der Waals surface area contributed by atoms with Gasteiger partial charge in [-0.2, -0.15) is 0 Å². The van der Waals surface area contributed by atoms with Gasteiger partial charge in [0.25, 0.3) is 0 Å². The van der Waals surface area contributed by atoms with E-state index in [2.05, 4.69) is 22.5 Å². The van der Waals surface area contributed by atoms with Gasteiger partial charge < -0.3 is 16.4 Å². The van der Waals surface area contributed by atoms with E-state index in [0.717, 1.165) is 29.7 Å². The maximum atomic E-state index is 13.3. The van der Waals surface area contributed by atoms with Crippen LogP contribution >= 0.6 is 0 Å². The van der Waals surface area contributed by atoms with E-state index in [9.17, 15) is 4.39 Å². The monoisotopic (exact) mass is 330 g/mol. The van der Waals surface area contributed by atoms with E-state index in [1.54, 1.807) is 6.07 Å². The van der Waals surface area contributed by atoms with Crippen LogP contribution in [-0.2, 0) is 6.54 Å². The average molecular weight is 330 g/mol. The number of nitrogens with one attached hydrogen (secondary N) is 2. The quantitative estimate of drug-likeness (QED) is 0.796. The summed E-state index contributed by atoms with van der Waals surface area (Å²) in [6.07, 6.45) is 6.06. The number of nitrogens with zero attached hydrogens (tertiary/aromatic N) is 1. The molecule has 4 N–H and O–H groups in total. The van der Waals surface area contributed by atoms with Gasteiger partial charge in [0.2, 0.25) is 0 Å². The topological polar surface area (TPSA) is 62.4 Å². The molecule has 1 atom stereocenters. The lowest BCUT2D eigenvalue weighted by Crippen LogP contribution is -2.67. The maximum absolute atomic E-state index is 13.3. The highest BCUT2D eigenvalue weighted by Crippen LogP contribution is 2.35. The third-order valence-electron chi connectivity index (χ3n) is 5.37. The van der Waals surface area contributed by atoms with Crippen molar-refractivity contribution in [3.05, 3.63) is 46.9 Å². The van der Waals surface area contributed by atoms with E-state index >= 15 is 0 Å². The second-order valence-electron chi connectivity index (χ2n) is 7.00. The van der Waals surface area contributed by atoms with Crippen molar-refractivity contribution in [2.24, 2.45) is 16.6 Å². The van der Waals surface area contributed by atoms with E-state index in [1.165, 1.54) is 31.4 Å². The molecule has 0 radical (unpaired) electrons. The predicted octanol–water partition coefficient (Wildman–Crippen LogP) is 3.40. The van der Waals surface area contributed by atoms with Crippen LogP contribution in [-0.4, -0.2) is 11.6 Å². The minimum atomic E-state index is -0.545. The second-order valence-corrected chi connectivity index (χ2v) is 7.00. The first kappa shape index (κ1) is 17.0. The molecule has 1 fully saturated rings. The Balaban J connectivity index is 1.80. The normalized spacial score (nSPS) is 27.1. The summed E-state index contributed by atoms with van der Waals surface area (Å²) in [6, 6.07) is 6.54. The van der Waals surface area contributed by atoms with Crippen LogP contribution in [0.5, 0.6) is 0 Å². The summed E-state index contributed by atoms with van der Waals surface area (Å²) < 4.78 is 13.3. The van der Waals surface area contributed by atoms with E-state index in [-0.39, 0.29) is 5.82 Å². The summed E-state index contributed by atoms with van der Waals surface area (Å²) in [6.45, 7) is 4.55. The molecule has 24 heavy (non-hydrogen) atoms. The molecule has 5 heteroatoms. The zero-order valence-electron chi connectivity index (χ0n) is 14.5. The number of allylic oxidation sites excluding steroid dienone is 1. The van der Waals surface area contributed by atoms with E-state index < -0.39 is 5.66 Å². The van der Waals surface area contributed by atoms with Gasteiger partial charge in [-0.25, -0.2) is 9.38 Å². The molecule has 1 saturated carbocycles. The Hall–Kier alpha value is -1.88. The summed E-state index contributed by atoms with van der Waals surface area (Å²) in [5, 5.41) is 6.72. The molecule has 1 unspecified atom stereocenters. The third kappa shape index (κ3) is 3.46. The summed E-state index contributed by atoms with van der Waals surface area (Å²) in [5.74, 6) is 0.859. The first-order valence-corrected chi connectivity index (χ1v) is 8.80. The van der Waals surface area contributed by atoms with Gasteiger partial charge in [-0.3, -0.25) is 0 Å². The summed E-state index contributed by atoms with van der Waals surface area (Å²) in [4.78, 5) is 4.58. The van der Waals surface area contributed by atoms with Gasteiger partial charge in [-0.1, -0.05) is 31.4 Å². The van der Waals surface area contributed by atoms with Crippen LogP contribution in [0.15, 0.2) is 40.5 Å². The van der Waals surface area contributed by atoms with E-state index in [1.807, 2.05) is 13.0 Å².